The molecule has 1 aromatic carbocycles. The van der Waals surface area contributed by atoms with Crippen molar-refractivity contribution in [2.24, 2.45) is 0 Å². The summed E-state index contributed by atoms with van der Waals surface area (Å²) in [6, 6.07) is 8.55. The van der Waals surface area contributed by atoms with Gasteiger partial charge in [0.05, 0.1) is 11.0 Å². The van der Waals surface area contributed by atoms with Gasteiger partial charge in [0, 0.05) is 0 Å². The van der Waals surface area contributed by atoms with Crippen LogP contribution >= 0.6 is 0 Å². The molecule has 0 N–H and O–H groups in total. The van der Waals surface area contributed by atoms with Gasteiger partial charge in [0.25, 0.3) is 0 Å². The molecule has 0 aliphatic heterocycles. The second-order valence-corrected chi connectivity index (χ2v) is 6.62. The highest BCUT2D eigenvalue weighted by Crippen LogP contribution is 2.29. The van der Waals surface area contributed by atoms with Gasteiger partial charge in [-0.05, 0) is 17.0 Å². The van der Waals surface area contributed by atoms with Gasteiger partial charge in [-0.3, -0.25) is 0 Å². The van der Waals surface area contributed by atoms with Gasteiger partial charge in [-0.2, -0.15) is 5.26 Å². The highest BCUT2D eigenvalue weighted by Gasteiger charge is 2.24. The fourth-order valence-electron chi connectivity index (χ4n) is 1.52. The van der Waals surface area contributed by atoms with Crippen LogP contribution in [-0.4, -0.2) is 14.2 Å². The van der Waals surface area contributed by atoms with E-state index in [1.165, 1.54) is 0 Å². The maximum Gasteiger partial charge on any atom is 0.191 e. The molecule has 0 saturated carbocycles. The predicted molar refractivity (Wildman–Crippen MR) is 62.8 cm³/mol. The number of hydrogen-bond acceptors (Lipinski definition) is 3. The van der Waals surface area contributed by atoms with Crippen LogP contribution in [0.25, 0.3) is 0 Å². The minimum atomic E-state index is -3.49. The number of rotatable bonds is 2. The SMILES string of the molecule is CC(C)(C)c1ccccc1S(=O)(=O)CC#N. The average molecular weight is 237 g/mol. The minimum absolute atomic E-state index is 0.251. The van der Waals surface area contributed by atoms with Crippen molar-refractivity contribution in [2.75, 3.05) is 5.75 Å². The zero-order valence-electron chi connectivity index (χ0n) is 9.69. The van der Waals surface area contributed by atoms with E-state index in [9.17, 15) is 8.42 Å². The molecule has 4 heteroatoms. The van der Waals surface area contributed by atoms with Crippen molar-refractivity contribution in [1.82, 2.24) is 0 Å². The molecule has 0 atom stereocenters. The maximum absolute atomic E-state index is 11.9. The van der Waals surface area contributed by atoms with Crippen LogP contribution in [0.3, 0.4) is 0 Å². The Labute approximate surface area is 96.6 Å². The Balaban J connectivity index is 3.43. The Kier molecular flexibility index (Phi) is 3.39. The molecule has 0 saturated heterocycles. The van der Waals surface area contributed by atoms with Gasteiger partial charge in [-0.25, -0.2) is 8.42 Å². The summed E-state index contributed by atoms with van der Waals surface area (Å²) < 4.78 is 23.8. The monoisotopic (exact) mass is 237 g/mol. The van der Waals surface area contributed by atoms with Crippen LogP contribution < -0.4 is 0 Å². The Morgan fingerprint density at radius 1 is 1.25 bits per heavy atom. The van der Waals surface area contributed by atoms with E-state index in [1.807, 2.05) is 26.8 Å². The summed E-state index contributed by atoms with van der Waals surface area (Å²) in [4.78, 5) is 0.268. The Bertz CT molecular complexity index is 519. The van der Waals surface area contributed by atoms with Crippen molar-refractivity contribution in [1.29, 1.82) is 5.26 Å². The van der Waals surface area contributed by atoms with Crippen molar-refractivity contribution in [3.8, 4) is 6.07 Å². The van der Waals surface area contributed by atoms with Crippen LogP contribution in [0, 0.1) is 11.3 Å². The summed E-state index contributed by atoms with van der Waals surface area (Å²) in [6.07, 6.45) is 0. The molecule has 1 rings (SSSR count). The smallest absolute Gasteiger partial charge is 0.191 e. The second kappa shape index (κ2) is 4.26. The standard InChI is InChI=1S/C12H15NO2S/c1-12(2,3)10-6-4-5-7-11(10)16(14,15)9-8-13/h4-7H,9H2,1-3H3. The molecule has 16 heavy (non-hydrogen) atoms. The Hall–Kier alpha value is -1.34. The summed E-state index contributed by atoms with van der Waals surface area (Å²) in [5.41, 5.74) is 0.504. The molecule has 0 aliphatic carbocycles. The van der Waals surface area contributed by atoms with Gasteiger partial charge < -0.3 is 0 Å². The normalized spacial score (nSPS) is 12.1. The van der Waals surface area contributed by atoms with Crippen molar-refractivity contribution < 1.29 is 8.42 Å². The van der Waals surface area contributed by atoms with Crippen molar-refractivity contribution in [3.63, 3.8) is 0 Å². The molecular formula is C12H15NO2S. The van der Waals surface area contributed by atoms with E-state index in [0.717, 1.165) is 5.56 Å². The molecule has 0 radical (unpaired) electrons. The van der Waals surface area contributed by atoms with Crippen molar-refractivity contribution >= 4 is 9.84 Å². The van der Waals surface area contributed by atoms with Gasteiger partial charge in [0.15, 0.2) is 9.84 Å². The highest BCUT2D eigenvalue weighted by molar-refractivity contribution is 7.91. The molecule has 0 fully saturated rings. The van der Waals surface area contributed by atoms with E-state index in [1.54, 1.807) is 24.3 Å². The molecule has 1 aromatic rings. The largest absolute Gasteiger partial charge is 0.223 e. The molecule has 0 amide bonds. The van der Waals surface area contributed by atoms with E-state index in [2.05, 4.69) is 0 Å². The van der Waals surface area contributed by atoms with Crippen molar-refractivity contribution in [2.45, 2.75) is 31.1 Å². The lowest BCUT2D eigenvalue weighted by molar-refractivity contribution is 0.563. The van der Waals surface area contributed by atoms with Crippen LogP contribution in [0.1, 0.15) is 26.3 Å². The number of sulfone groups is 1. The molecule has 86 valence electrons. The van der Waals surface area contributed by atoms with E-state index in [-0.39, 0.29) is 10.3 Å². The van der Waals surface area contributed by atoms with E-state index >= 15 is 0 Å². The summed E-state index contributed by atoms with van der Waals surface area (Å²) in [5.74, 6) is -0.472. The van der Waals surface area contributed by atoms with Gasteiger partial charge in [0.2, 0.25) is 0 Å². The van der Waals surface area contributed by atoms with Crippen LogP contribution in [0.15, 0.2) is 29.2 Å². The fourth-order valence-corrected chi connectivity index (χ4v) is 2.84. The lowest BCUT2D eigenvalue weighted by Crippen LogP contribution is -2.17. The maximum atomic E-state index is 11.9. The van der Waals surface area contributed by atoms with Gasteiger partial charge in [-0.15, -0.1) is 0 Å². The van der Waals surface area contributed by atoms with Gasteiger partial charge >= 0.3 is 0 Å². The number of nitrogens with zero attached hydrogens (tertiary/aromatic N) is 1. The zero-order valence-corrected chi connectivity index (χ0v) is 10.5. The zero-order chi connectivity index (χ0) is 12.4. The predicted octanol–water partition coefficient (Wildman–Crippen LogP) is 2.28. The molecule has 0 heterocycles. The molecule has 0 unspecified atom stereocenters. The lowest BCUT2D eigenvalue weighted by atomic mass is 9.87. The average Bonchev–Trinajstić information content (AvgIpc) is 2.16. The summed E-state index contributed by atoms with van der Waals surface area (Å²) >= 11 is 0. The van der Waals surface area contributed by atoms with Gasteiger partial charge in [-0.1, -0.05) is 39.0 Å². The fraction of sp³-hybridized carbons (Fsp3) is 0.417. The third-order valence-corrected chi connectivity index (χ3v) is 3.82. The molecule has 0 aromatic heterocycles. The molecule has 0 bridgehead atoms. The summed E-state index contributed by atoms with van der Waals surface area (Å²) in [5, 5.41) is 8.53. The number of nitriles is 1. The number of benzene rings is 1. The van der Waals surface area contributed by atoms with E-state index in [0.29, 0.717) is 0 Å². The summed E-state index contributed by atoms with van der Waals surface area (Å²) in [7, 11) is -3.49. The first-order valence-corrected chi connectivity index (χ1v) is 6.63. The second-order valence-electron chi connectivity index (χ2n) is 4.66. The van der Waals surface area contributed by atoms with E-state index < -0.39 is 15.6 Å². The van der Waals surface area contributed by atoms with Crippen LogP contribution in [0.4, 0.5) is 0 Å². The molecular weight excluding hydrogens is 222 g/mol. The highest BCUT2D eigenvalue weighted by atomic mass is 32.2. The van der Waals surface area contributed by atoms with Crippen LogP contribution in [0.5, 0.6) is 0 Å². The van der Waals surface area contributed by atoms with Crippen molar-refractivity contribution in [3.05, 3.63) is 29.8 Å². The molecule has 3 nitrogen and oxygen atoms in total. The minimum Gasteiger partial charge on any atom is -0.223 e. The lowest BCUT2D eigenvalue weighted by Gasteiger charge is -2.22. The third-order valence-electron chi connectivity index (χ3n) is 2.28. The Morgan fingerprint density at radius 2 is 1.81 bits per heavy atom. The van der Waals surface area contributed by atoms with Gasteiger partial charge in [0.1, 0.15) is 5.75 Å². The van der Waals surface area contributed by atoms with Crippen LogP contribution in [-0.2, 0) is 15.3 Å². The first-order chi connectivity index (χ1) is 7.29. The third kappa shape index (κ3) is 2.61. The first kappa shape index (κ1) is 12.7. The van der Waals surface area contributed by atoms with E-state index in [4.69, 9.17) is 5.26 Å². The molecule has 0 spiro atoms. The summed E-state index contributed by atoms with van der Waals surface area (Å²) in [6.45, 7) is 5.86. The Morgan fingerprint density at radius 3 is 2.31 bits per heavy atom. The van der Waals surface area contributed by atoms with Crippen LogP contribution in [0.2, 0.25) is 0 Å². The first-order valence-electron chi connectivity index (χ1n) is 4.98. The quantitative estimate of drug-likeness (QED) is 0.793. The topological polar surface area (TPSA) is 57.9 Å². The molecule has 0 aliphatic rings. The number of hydrogen-bond donors (Lipinski definition) is 0.